The molecule has 3 aromatic rings. The van der Waals surface area contributed by atoms with Crippen molar-refractivity contribution in [3.63, 3.8) is 0 Å². The van der Waals surface area contributed by atoms with Gasteiger partial charge in [0.25, 0.3) is 0 Å². The number of pyridine rings is 1. The number of fused-ring (bicyclic) bond motifs is 1. The van der Waals surface area contributed by atoms with Gasteiger partial charge < -0.3 is 15.9 Å². The predicted molar refractivity (Wildman–Crippen MR) is 85.2 cm³/mol. The Morgan fingerprint density at radius 3 is 2.64 bits per heavy atom. The highest BCUT2D eigenvalue weighted by Gasteiger charge is 2.15. The first-order valence-corrected chi connectivity index (χ1v) is 6.75. The quantitative estimate of drug-likeness (QED) is 0.629. The monoisotopic (exact) mass is 314 g/mol. The Morgan fingerprint density at radius 1 is 1.14 bits per heavy atom. The number of hydrogen-bond acceptors (Lipinski definition) is 4. The molecule has 6 heteroatoms. The zero-order chi connectivity index (χ0) is 15.9. The van der Waals surface area contributed by atoms with E-state index in [1.54, 1.807) is 24.3 Å². The van der Waals surface area contributed by atoms with Crippen LogP contribution >= 0.6 is 11.6 Å². The minimum atomic E-state index is -1.09. The Hall–Kier alpha value is -2.79. The topological polar surface area (TPSA) is 96.4 Å². The Bertz CT molecular complexity index is 909. The molecular formula is C16H11ClN2O3. The van der Waals surface area contributed by atoms with E-state index in [2.05, 4.69) is 4.98 Å². The lowest BCUT2D eigenvalue weighted by atomic mass is 9.96. The molecule has 0 aliphatic rings. The number of nitrogens with zero attached hydrogens (tertiary/aromatic N) is 1. The van der Waals surface area contributed by atoms with Crippen LogP contribution in [0.25, 0.3) is 22.0 Å². The smallest absolute Gasteiger partial charge is 0.337 e. The number of aromatic nitrogens is 1. The molecule has 5 nitrogen and oxygen atoms in total. The van der Waals surface area contributed by atoms with E-state index in [-0.39, 0.29) is 16.8 Å². The van der Waals surface area contributed by atoms with E-state index in [0.29, 0.717) is 27.2 Å². The van der Waals surface area contributed by atoms with Gasteiger partial charge in [-0.05, 0) is 35.9 Å². The van der Waals surface area contributed by atoms with Crippen molar-refractivity contribution >= 4 is 34.2 Å². The molecule has 0 aliphatic heterocycles. The van der Waals surface area contributed by atoms with Gasteiger partial charge in [-0.1, -0.05) is 17.7 Å². The Morgan fingerprint density at radius 2 is 1.91 bits per heavy atom. The lowest BCUT2D eigenvalue weighted by molar-refractivity contribution is 0.0699. The molecule has 0 saturated carbocycles. The van der Waals surface area contributed by atoms with Crippen molar-refractivity contribution in [2.24, 2.45) is 0 Å². The van der Waals surface area contributed by atoms with E-state index in [1.807, 2.05) is 0 Å². The largest absolute Gasteiger partial charge is 0.506 e. The van der Waals surface area contributed by atoms with Crippen LogP contribution < -0.4 is 5.73 Å². The van der Waals surface area contributed by atoms with E-state index < -0.39 is 5.97 Å². The van der Waals surface area contributed by atoms with Crippen LogP contribution in [0.1, 0.15) is 10.4 Å². The number of benzene rings is 2. The minimum absolute atomic E-state index is 0.0550. The molecule has 0 fully saturated rings. The molecule has 110 valence electrons. The number of aromatic carboxylic acids is 1. The van der Waals surface area contributed by atoms with Gasteiger partial charge in [-0.25, -0.2) is 4.79 Å². The van der Waals surface area contributed by atoms with Gasteiger partial charge in [-0.3, -0.25) is 4.98 Å². The van der Waals surface area contributed by atoms with Crippen LogP contribution in [0, 0.1) is 0 Å². The first-order valence-electron chi connectivity index (χ1n) is 6.38. The summed E-state index contributed by atoms with van der Waals surface area (Å²) in [5.41, 5.74) is 8.13. The number of carboxylic acid groups (broad SMARTS) is 1. The second-order valence-electron chi connectivity index (χ2n) is 4.79. The van der Waals surface area contributed by atoms with E-state index >= 15 is 0 Å². The molecule has 0 atom stereocenters. The summed E-state index contributed by atoms with van der Waals surface area (Å²) >= 11 is 6.02. The van der Waals surface area contributed by atoms with Crippen LogP contribution in [-0.4, -0.2) is 21.2 Å². The molecule has 4 N–H and O–H groups in total. The molecule has 1 aromatic heterocycles. The lowest BCUT2D eigenvalue weighted by Gasteiger charge is -2.11. The summed E-state index contributed by atoms with van der Waals surface area (Å²) in [6.07, 6.45) is 1.21. The van der Waals surface area contributed by atoms with Crippen molar-refractivity contribution in [3.05, 3.63) is 53.2 Å². The molecular weight excluding hydrogens is 304 g/mol. The summed E-state index contributed by atoms with van der Waals surface area (Å²) in [4.78, 5) is 15.4. The van der Waals surface area contributed by atoms with Crippen LogP contribution in [0.4, 0.5) is 5.69 Å². The fourth-order valence-electron chi connectivity index (χ4n) is 2.38. The summed E-state index contributed by atoms with van der Waals surface area (Å²) in [5.74, 6) is -1.15. The molecule has 1 heterocycles. The second-order valence-corrected chi connectivity index (χ2v) is 5.22. The number of halogens is 1. The number of carbonyl (C=O) groups is 1. The van der Waals surface area contributed by atoms with Gasteiger partial charge in [0.2, 0.25) is 0 Å². The maximum atomic E-state index is 11.3. The second kappa shape index (κ2) is 5.20. The fourth-order valence-corrected chi connectivity index (χ4v) is 2.55. The molecule has 22 heavy (non-hydrogen) atoms. The average Bonchev–Trinajstić information content (AvgIpc) is 2.48. The van der Waals surface area contributed by atoms with Gasteiger partial charge in [0.15, 0.2) is 0 Å². The number of nitrogens with two attached hydrogens (primary N) is 1. The molecule has 0 bridgehead atoms. The highest BCUT2D eigenvalue weighted by atomic mass is 35.5. The molecule has 0 amide bonds. The lowest BCUT2D eigenvalue weighted by Crippen LogP contribution is -2.00. The number of aromatic hydroxyl groups is 1. The Kier molecular flexibility index (Phi) is 3.35. The molecule has 0 spiro atoms. The third-order valence-electron chi connectivity index (χ3n) is 3.37. The van der Waals surface area contributed by atoms with Gasteiger partial charge in [-0.15, -0.1) is 0 Å². The maximum Gasteiger partial charge on any atom is 0.337 e. The average molecular weight is 315 g/mol. The summed E-state index contributed by atoms with van der Waals surface area (Å²) < 4.78 is 0. The first kappa shape index (κ1) is 14.2. The fraction of sp³-hybridized carbons (Fsp3) is 0. The van der Waals surface area contributed by atoms with Gasteiger partial charge in [0.05, 0.1) is 17.3 Å². The Balaban J connectivity index is 2.40. The highest BCUT2D eigenvalue weighted by Crippen LogP contribution is 2.36. The van der Waals surface area contributed by atoms with Crippen molar-refractivity contribution in [2.45, 2.75) is 0 Å². The van der Waals surface area contributed by atoms with Crippen molar-refractivity contribution in [2.75, 3.05) is 5.73 Å². The van der Waals surface area contributed by atoms with E-state index in [4.69, 9.17) is 17.3 Å². The first-order chi connectivity index (χ1) is 10.5. The van der Waals surface area contributed by atoms with Crippen molar-refractivity contribution < 1.29 is 15.0 Å². The number of hydrogen-bond donors (Lipinski definition) is 3. The van der Waals surface area contributed by atoms with Gasteiger partial charge in [0, 0.05) is 21.7 Å². The molecule has 0 aliphatic carbocycles. The summed E-state index contributed by atoms with van der Waals surface area (Å²) in [5, 5.41) is 20.0. The van der Waals surface area contributed by atoms with Crippen LogP contribution in [-0.2, 0) is 0 Å². The van der Waals surface area contributed by atoms with Crippen LogP contribution in [0.5, 0.6) is 5.75 Å². The third-order valence-corrected chi connectivity index (χ3v) is 3.61. The highest BCUT2D eigenvalue weighted by molar-refractivity contribution is 6.31. The number of rotatable bonds is 2. The standard InChI is InChI=1S/C16H11ClN2O3/c17-8-1-4-14(18)12(5-8)10-2-3-11(16(21)22)15-13(10)6-9(20)7-19-15/h1-7,20H,18H2,(H,21,22). The molecule has 2 aromatic carbocycles. The third kappa shape index (κ3) is 2.31. The maximum absolute atomic E-state index is 11.3. The number of carboxylic acids is 1. The summed E-state index contributed by atoms with van der Waals surface area (Å²) in [7, 11) is 0. The SMILES string of the molecule is Nc1ccc(Cl)cc1-c1ccc(C(=O)O)c2ncc(O)cc12. The van der Waals surface area contributed by atoms with E-state index in [1.165, 1.54) is 18.3 Å². The molecule has 0 radical (unpaired) electrons. The Labute approximate surface area is 130 Å². The zero-order valence-corrected chi connectivity index (χ0v) is 12.0. The van der Waals surface area contributed by atoms with Crippen molar-refractivity contribution in [1.29, 1.82) is 0 Å². The van der Waals surface area contributed by atoms with Gasteiger partial charge in [0.1, 0.15) is 5.75 Å². The molecule has 0 unspecified atom stereocenters. The van der Waals surface area contributed by atoms with E-state index in [9.17, 15) is 15.0 Å². The minimum Gasteiger partial charge on any atom is -0.506 e. The van der Waals surface area contributed by atoms with Gasteiger partial charge >= 0.3 is 5.97 Å². The predicted octanol–water partition coefficient (Wildman–Crippen LogP) is 3.54. The number of anilines is 1. The molecule has 0 saturated heterocycles. The van der Waals surface area contributed by atoms with Crippen LogP contribution in [0.2, 0.25) is 5.02 Å². The van der Waals surface area contributed by atoms with Crippen LogP contribution in [0.3, 0.4) is 0 Å². The van der Waals surface area contributed by atoms with Crippen molar-refractivity contribution in [3.8, 4) is 16.9 Å². The normalized spacial score (nSPS) is 10.8. The van der Waals surface area contributed by atoms with Crippen molar-refractivity contribution in [1.82, 2.24) is 4.98 Å². The summed E-state index contributed by atoms with van der Waals surface area (Å²) in [6.45, 7) is 0. The van der Waals surface area contributed by atoms with E-state index in [0.717, 1.165) is 0 Å². The number of nitrogen functional groups attached to an aromatic ring is 1. The molecule has 3 rings (SSSR count). The summed E-state index contributed by atoms with van der Waals surface area (Å²) in [6, 6.07) is 9.59. The van der Waals surface area contributed by atoms with Crippen LogP contribution in [0.15, 0.2) is 42.6 Å². The zero-order valence-electron chi connectivity index (χ0n) is 11.2. The van der Waals surface area contributed by atoms with Gasteiger partial charge in [-0.2, -0.15) is 0 Å².